The fraction of sp³-hybridized carbons (Fsp3) is 0.263. The van der Waals surface area contributed by atoms with Gasteiger partial charge in [0.15, 0.2) is 18.1 Å². The van der Waals surface area contributed by atoms with Gasteiger partial charge < -0.3 is 19.1 Å². The molecule has 1 aliphatic heterocycles. The van der Waals surface area contributed by atoms with Crippen LogP contribution in [0.15, 0.2) is 47.4 Å². The molecule has 0 saturated heterocycles. The number of ether oxygens (including phenoxy) is 3. The van der Waals surface area contributed by atoms with Gasteiger partial charge in [-0.1, -0.05) is 0 Å². The topological polar surface area (TPSA) is 111 Å². The Bertz CT molecular complexity index is 1020. The van der Waals surface area contributed by atoms with Gasteiger partial charge in [0.1, 0.15) is 13.2 Å². The van der Waals surface area contributed by atoms with E-state index in [1.807, 2.05) is 0 Å². The highest BCUT2D eigenvalue weighted by Crippen LogP contribution is 2.32. The van der Waals surface area contributed by atoms with E-state index in [0.29, 0.717) is 24.7 Å². The molecule has 1 amide bonds. The molecule has 0 unspecified atom stereocenters. The summed E-state index contributed by atoms with van der Waals surface area (Å²) in [6.45, 7) is 0.390. The molecule has 1 N–H and O–H groups in total. The molecule has 0 aromatic heterocycles. The lowest BCUT2D eigenvalue weighted by molar-refractivity contribution is -0.131. The first-order valence-corrected chi connectivity index (χ1v) is 10.1. The number of hydrogen-bond donors (Lipinski definition) is 1. The van der Waals surface area contributed by atoms with Crippen LogP contribution in [-0.2, 0) is 19.6 Å². The number of hydrogen-bond acceptors (Lipinski definition) is 7. The van der Waals surface area contributed by atoms with Crippen molar-refractivity contribution in [1.82, 2.24) is 4.90 Å². The molecule has 9 nitrogen and oxygen atoms in total. The summed E-state index contributed by atoms with van der Waals surface area (Å²) in [6.07, 6.45) is 0. The molecule has 154 valence electrons. The van der Waals surface area contributed by atoms with Gasteiger partial charge in [-0.05, 0) is 36.4 Å². The van der Waals surface area contributed by atoms with E-state index in [4.69, 9.17) is 14.2 Å². The molecule has 1 heterocycles. The number of esters is 1. The maximum atomic E-state index is 12.6. The summed E-state index contributed by atoms with van der Waals surface area (Å²) in [7, 11) is -0.754. The molecule has 0 spiro atoms. The molecular weight excluding hydrogens is 400 g/mol. The molecule has 3 rings (SSSR count). The van der Waals surface area contributed by atoms with Crippen LogP contribution < -0.4 is 14.2 Å². The second kappa shape index (κ2) is 8.39. The summed E-state index contributed by atoms with van der Waals surface area (Å²) in [5.74, 6) is -0.168. The van der Waals surface area contributed by atoms with Crippen LogP contribution in [0, 0.1) is 0 Å². The van der Waals surface area contributed by atoms with Crippen LogP contribution in [-0.4, -0.2) is 59.1 Å². The highest BCUT2D eigenvalue weighted by atomic mass is 32.2. The maximum Gasteiger partial charge on any atom is 0.338 e. The smallest absolute Gasteiger partial charge is 0.338 e. The predicted octanol–water partition coefficient (Wildman–Crippen LogP) is 1.50. The summed E-state index contributed by atoms with van der Waals surface area (Å²) >= 11 is 0. The maximum absolute atomic E-state index is 12.6. The Balaban J connectivity index is 1.67. The summed E-state index contributed by atoms with van der Waals surface area (Å²) in [5, 5.41) is 0. The van der Waals surface area contributed by atoms with E-state index >= 15 is 0 Å². The fourth-order valence-corrected chi connectivity index (χ4v) is 3.49. The minimum atomic E-state index is -3.86. The normalized spacial score (nSPS) is 12.8. The van der Waals surface area contributed by atoms with Gasteiger partial charge in [0.05, 0.1) is 10.5 Å². The fourth-order valence-electron chi connectivity index (χ4n) is 2.42. The molecule has 10 heteroatoms. The van der Waals surface area contributed by atoms with Gasteiger partial charge in [-0.2, -0.15) is 0 Å². The van der Waals surface area contributed by atoms with Crippen LogP contribution >= 0.6 is 0 Å². The molecule has 0 bridgehead atoms. The van der Waals surface area contributed by atoms with Crippen LogP contribution in [0.2, 0.25) is 0 Å². The van der Waals surface area contributed by atoms with Crippen LogP contribution in [0.3, 0.4) is 0 Å². The molecule has 29 heavy (non-hydrogen) atoms. The molecule has 2 aromatic carbocycles. The minimum absolute atomic E-state index is 0.0208. The predicted molar refractivity (Wildman–Crippen MR) is 104 cm³/mol. The van der Waals surface area contributed by atoms with Crippen molar-refractivity contribution in [2.24, 2.45) is 0 Å². The Morgan fingerprint density at radius 1 is 1.03 bits per heavy atom. The molecule has 0 atom stereocenters. The molecule has 0 aliphatic carbocycles. The van der Waals surface area contributed by atoms with Crippen LogP contribution in [0.5, 0.6) is 11.5 Å². The highest BCUT2D eigenvalue weighted by molar-refractivity contribution is 7.92. The first-order valence-electron chi connectivity index (χ1n) is 8.66. The lowest BCUT2D eigenvalue weighted by Crippen LogP contribution is -2.27. The SMILES string of the molecule is CN(C)C(=O)COC(=O)c1ccc(NS(=O)(=O)c2ccc3c(c2)OCCO3)cc1. The monoisotopic (exact) mass is 420 g/mol. The Labute approximate surface area is 168 Å². The van der Waals surface area contributed by atoms with Crippen molar-refractivity contribution in [3.63, 3.8) is 0 Å². The van der Waals surface area contributed by atoms with Crippen LogP contribution in [0.1, 0.15) is 10.4 Å². The molecular formula is C19H20N2O7S. The van der Waals surface area contributed by atoms with Crippen molar-refractivity contribution in [1.29, 1.82) is 0 Å². The Hall–Kier alpha value is -3.27. The van der Waals surface area contributed by atoms with E-state index in [1.165, 1.54) is 47.4 Å². The van der Waals surface area contributed by atoms with Crippen molar-refractivity contribution in [3.05, 3.63) is 48.0 Å². The number of fused-ring (bicyclic) bond motifs is 1. The number of carbonyl (C=O) groups is 2. The molecule has 2 aromatic rings. The summed E-state index contributed by atoms with van der Waals surface area (Å²) < 4.78 is 43.4. The number of rotatable bonds is 6. The number of sulfonamides is 1. The average Bonchev–Trinajstić information content (AvgIpc) is 2.71. The Morgan fingerprint density at radius 3 is 2.34 bits per heavy atom. The number of carbonyl (C=O) groups excluding carboxylic acids is 2. The van der Waals surface area contributed by atoms with Gasteiger partial charge in [-0.15, -0.1) is 0 Å². The largest absolute Gasteiger partial charge is 0.486 e. The average molecular weight is 420 g/mol. The molecule has 0 saturated carbocycles. The first-order chi connectivity index (χ1) is 13.8. The van der Waals surface area contributed by atoms with E-state index in [1.54, 1.807) is 14.1 Å². The molecule has 0 fully saturated rings. The van der Waals surface area contributed by atoms with Crippen molar-refractivity contribution in [2.45, 2.75) is 4.90 Å². The quantitative estimate of drug-likeness (QED) is 0.705. The number of nitrogens with one attached hydrogen (secondary N) is 1. The van der Waals surface area contributed by atoms with Crippen molar-refractivity contribution in [2.75, 3.05) is 38.6 Å². The third-order valence-electron chi connectivity index (χ3n) is 4.02. The zero-order valence-electron chi connectivity index (χ0n) is 15.9. The van der Waals surface area contributed by atoms with Crippen molar-refractivity contribution >= 4 is 27.6 Å². The molecule has 1 aliphatic rings. The van der Waals surface area contributed by atoms with Crippen LogP contribution in [0.25, 0.3) is 0 Å². The van der Waals surface area contributed by atoms with Crippen LogP contribution in [0.4, 0.5) is 5.69 Å². The zero-order chi connectivity index (χ0) is 21.0. The van der Waals surface area contributed by atoms with E-state index in [2.05, 4.69) is 4.72 Å². The van der Waals surface area contributed by atoms with Gasteiger partial charge >= 0.3 is 5.97 Å². The molecule has 0 radical (unpaired) electrons. The summed E-state index contributed by atoms with van der Waals surface area (Å²) in [5.41, 5.74) is 0.458. The number of likely N-dealkylation sites (N-methyl/N-ethyl adjacent to an activating group) is 1. The Kier molecular flexibility index (Phi) is 5.92. The van der Waals surface area contributed by atoms with Gasteiger partial charge in [-0.25, -0.2) is 13.2 Å². The van der Waals surface area contributed by atoms with Gasteiger partial charge in [0.25, 0.3) is 15.9 Å². The van der Waals surface area contributed by atoms with Gasteiger partial charge in [0.2, 0.25) is 0 Å². The number of anilines is 1. The van der Waals surface area contributed by atoms with Gasteiger partial charge in [0, 0.05) is 25.8 Å². The van der Waals surface area contributed by atoms with E-state index in [-0.39, 0.29) is 28.7 Å². The number of amides is 1. The Morgan fingerprint density at radius 2 is 1.69 bits per heavy atom. The van der Waals surface area contributed by atoms with Crippen molar-refractivity contribution < 1.29 is 32.2 Å². The van der Waals surface area contributed by atoms with Crippen molar-refractivity contribution in [3.8, 4) is 11.5 Å². The lowest BCUT2D eigenvalue weighted by Gasteiger charge is -2.19. The standard InChI is InChI=1S/C19H20N2O7S/c1-21(2)18(22)12-28-19(23)13-3-5-14(6-4-13)20-29(24,25)15-7-8-16-17(11-15)27-10-9-26-16/h3-8,11,20H,9-10,12H2,1-2H3. The summed E-state index contributed by atoms with van der Waals surface area (Å²) in [6, 6.07) is 10.0. The highest BCUT2D eigenvalue weighted by Gasteiger charge is 2.20. The minimum Gasteiger partial charge on any atom is -0.486 e. The van der Waals surface area contributed by atoms with E-state index in [0.717, 1.165) is 0 Å². The zero-order valence-corrected chi connectivity index (χ0v) is 16.7. The number of nitrogens with zero attached hydrogens (tertiary/aromatic N) is 1. The number of benzene rings is 2. The second-order valence-corrected chi connectivity index (χ2v) is 8.04. The second-order valence-electron chi connectivity index (χ2n) is 6.35. The first kappa shape index (κ1) is 20.5. The van der Waals surface area contributed by atoms with E-state index in [9.17, 15) is 18.0 Å². The lowest BCUT2D eigenvalue weighted by atomic mass is 10.2. The summed E-state index contributed by atoms with van der Waals surface area (Å²) in [4.78, 5) is 24.8. The van der Waals surface area contributed by atoms with E-state index < -0.39 is 16.0 Å². The third-order valence-corrected chi connectivity index (χ3v) is 5.40. The van der Waals surface area contributed by atoms with Gasteiger partial charge in [-0.3, -0.25) is 9.52 Å². The third kappa shape index (κ3) is 4.96.